The molecule has 1 aliphatic rings. The number of halogens is 1. The van der Waals surface area contributed by atoms with Crippen LogP contribution in [0.2, 0.25) is 0 Å². The van der Waals surface area contributed by atoms with Crippen molar-refractivity contribution < 1.29 is 33.2 Å². The molecule has 0 saturated carbocycles. The first-order valence-electron chi connectivity index (χ1n) is 8.26. The van der Waals surface area contributed by atoms with Crippen LogP contribution in [0.3, 0.4) is 0 Å². The van der Waals surface area contributed by atoms with Gasteiger partial charge in [-0.3, -0.25) is 0 Å². The Kier molecular flexibility index (Phi) is 12.8. The summed E-state index contributed by atoms with van der Waals surface area (Å²) in [5.74, 6) is 0. The molecular formula is C16H34INO. The summed E-state index contributed by atoms with van der Waals surface area (Å²) in [5.41, 5.74) is 0. The van der Waals surface area contributed by atoms with E-state index < -0.39 is 0 Å². The van der Waals surface area contributed by atoms with Gasteiger partial charge < -0.3 is 33.2 Å². The van der Waals surface area contributed by atoms with Crippen LogP contribution in [0.25, 0.3) is 0 Å². The number of morpholine rings is 1. The highest BCUT2D eigenvalue weighted by Crippen LogP contribution is 2.17. The molecule has 0 aromatic carbocycles. The summed E-state index contributed by atoms with van der Waals surface area (Å²) >= 11 is 0. The van der Waals surface area contributed by atoms with Gasteiger partial charge in [0.15, 0.2) is 0 Å². The van der Waals surface area contributed by atoms with E-state index >= 15 is 0 Å². The molecule has 0 bridgehead atoms. The summed E-state index contributed by atoms with van der Waals surface area (Å²) in [6, 6.07) is 0. The van der Waals surface area contributed by atoms with Gasteiger partial charge >= 0.3 is 0 Å². The van der Waals surface area contributed by atoms with E-state index in [4.69, 9.17) is 4.74 Å². The Balaban J connectivity index is 0.00000324. The molecule has 116 valence electrons. The van der Waals surface area contributed by atoms with Gasteiger partial charge in [-0.05, 0) is 25.7 Å². The van der Waals surface area contributed by atoms with Crippen LogP contribution in [-0.2, 0) is 4.74 Å². The van der Waals surface area contributed by atoms with E-state index in [0.717, 1.165) is 13.2 Å². The first-order chi connectivity index (χ1) is 8.83. The van der Waals surface area contributed by atoms with Crippen molar-refractivity contribution in [3.63, 3.8) is 0 Å². The van der Waals surface area contributed by atoms with Gasteiger partial charge in [0.2, 0.25) is 0 Å². The van der Waals surface area contributed by atoms with Gasteiger partial charge in [0.25, 0.3) is 0 Å². The lowest BCUT2D eigenvalue weighted by molar-refractivity contribution is -0.935. The van der Waals surface area contributed by atoms with E-state index in [1.54, 1.807) is 0 Å². The van der Waals surface area contributed by atoms with Crippen molar-refractivity contribution in [3.8, 4) is 0 Å². The lowest BCUT2D eigenvalue weighted by Gasteiger charge is -2.41. The molecule has 0 spiro atoms. The van der Waals surface area contributed by atoms with Crippen LogP contribution in [0.15, 0.2) is 0 Å². The molecule has 1 fully saturated rings. The van der Waals surface area contributed by atoms with E-state index in [2.05, 4.69) is 13.8 Å². The van der Waals surface area contributed by atoms with Gasteiger partial charge in [0.1, 0.15) is 13.1 Å². The van der Waals surface area contributed by atoms with E-state index in [0.29, 0.717) is 0 Å². The Morgan fingerprint density at radius 2 is 1.21 bits per heavy atom. The molecule has 1 saturated heterocycles. The number of nitrogens with zero attached hydrogens (tertiary/aromatic N) is 1. The van der Waals surface area contributed by atoms with E-state index in [9.17, 15) is 0 Å². The van der Waals surface area contributed by atoms with E-state index in [-0.39, 0.29) is 24.0 Å². The third-order valence-corrected chi connectivity index (χ3v) is 4.39. The summed E-state index contributed by atoms with van der Waals surface area (Å²) in [6.45, 7) is 11.9. The molecule has 0 radical (unpaired) electrons. The fourth-order valence-electron chi connectivity index (χ4n) is 3.04. The lowest BCUT2D eigenvalue weighted by atomic mass is 10.1. The average Bonchev–Trinajstić information content (AvgIpc) is 2.41. The Morgan fingerprint density at radius 1 is 0.737 bits per heavy atom. The van der Waals surface area contributed by atoms with Gasteiger partial charge in [-0.1, -0.05) is 39.5 Å². The minimum atomic E-state index is 0. The number of unbranched alkanes of at least 4 members (excludes halogenated alkanes) is 6. The molecule has 0 aliphatic carbocycles. The minimum Gasteiger partial charge on any atom is -1.00 e. The average molecular weight is 383 g/mol. The van der Waals surface area contributed by atoms with Crippen LogP contribution in [-0.4, -0.2) is 43.9 Å². The molecule has 1 heterocycles. The second-order valence-electron chi connectivity index (χ2n) is 5.97. The summed E-state index contributed by atoms with van der Waals surface area (Å²) in [7, 11) is 0. The SMILES string of the molecule is CCCCCC[N+]1(CCCCCC)CCOCC1.[I-]. The molecule has 1 aliphatic heterocycles. The van der Waals surface area contributed by atoms with Gasteiger partial charge in [0, 0.05) is 0 Å². The number of hydrogen-bond donors (Lipinski definition) is 0. The third-order valence-electron chi connectivity index (χ3n) is 4.39. The summed E-state index contributed by atoms with van der Waals surface area (Å²) in [6.07, 6.45) is 11.2. The predicted molar refractivity (Wildman–Crippen MR) is 78.8 cm³/mol. The zero-order valence-electron chi connectivity index (χ0n) is 13.1. The van der Waals surface area contributed by atoms with Crippen molar-refractivity contribution in [1.82, 2.24) is 0 Å². The summed E-state index contributed by atoms with van der Waals surface area (Å²) < 4.78 is 6.92. The molecule has 0 amide bonds. The van der Waals surface area contributed by atoms with Crippen LogP contribution in [0, 0.1) is 0 Å². The minimum absolute atomic E-state index is 0. The maximum atomic E-state index is 5.56. The highest BCUT2D eigenvalue weighted by Gasteiger charge is 2.28. The van der Waals surface area contributed by atoms with Gasteiger partial charge in [0.05, 0.1) is 26.3 Å². The quantitative estimate of drug-likeness (QED) is 0.311. The molecule has 2 nitrogen and oxygen atoms in total. The topological polar surface area (TPSA) is 9.23 Å². The van der Waals surface area contributed by atoms with Crippen LogP contribution in [0.1, 0.15) is 65.2 Å². The number of quaternary nitrogens is 1. The second-order valence-corrected chi connectivity index (χ2v) is 5.97. The number of hydrogen-bond acceptors (Lipinski definition) is 1. The molecule has 0 atom stereocenters. The molecule has 19 heavy (non-hydrogen) atoms. The number of ether oxygens (including phenoxy) is 1. The van der Waals surface area contributed by atoms with E-state index in [1.165, 1.54) is 82.0 Å². The zero-order valence-corrected chi connectivity index (χ0v) is 15.3. The standard InChI is InChI=1S/C16H34NO.HI/c1-3-5-7-9-11-17(12-10-8-6-4-2)13-15-18-16-14-17;/h3-16H2,1-2H3;1H/q+1;/p-1. The second kappa shape index (κ2) is 12.4. The molecule has 0 aromatic heterocycles. The van der Waals surface area contributed by atoms with Gasteiger partial charge in [-0.2, -0.15) is 0 Å². The van der Waals surface area contributed by atoms with Crippen molar-refractivity contribution in [2.75, 3.05) is 39.4 Å². The van der Waals surface area contributed by atoms with Crippen molar-refractivity contribution in [3.05, 3.63) is 0 Å². The highest BCUT2D eigenvalue weighted by molar-refractivity contribution is 4.53. The van der Waals surface area contributed by atoms with Crippen LogP contribution < -0.4 is 24.0 Å². The number of rotatable bonds is 10. The molecule has 1 rings (SSSR count). The van der Waals surface area contributed by atoms with E-state index in [1.807, 2.05) is 0 Å². The van der Waals surface area contributed by atoms with Crippen LogP contribution in [0.5, 0.6) is 0 Å². The highest BCUT2D eigenvalue weighted by atomic mass is 127. The third kappa shape index (κ3) is 8.51. The van der Waals surface area contributed by atoms with Crippen molar-refractivity contribution >= 4 is 0 Å². The normalized spacial score (nSPS) is 18.0. The first kappa shape index (κ1) is 19.7. The largest absolute Gasteiger partial charge is 1.00 e. The van der Waals surface area contributed by atoms with Crippen molar-refractivity contribution in [1.29, 1.82) is 0 Å². The fourth-order valence-corrected chi connectivity index (χ4v) is 3.04. The Labute approximate surface area is 137 Å². The zero-order chi connectivity index (χ0) is 13.1. The smallest absolute Gasteiger partial charge is 0.102 e. The maximum absolute atomic E-state index is 5.56. The summed E-state index contributed by atoms with van der Waals surface area (Å²) in [5, 5.41) is 0. The lowest BCUT2D eigenvalue weighted by Crippen LogP contribution is -3.00. The molecule has 0 N–H and O–H groups in total. The van der Waals surface area contributed by atoms with Crippen LogP contribution in [0.4, 0.5) is 0 Å². The predicted octanol–water partition coefficient (Wildman–Crippen LogP) is 0.998. The molecule has 0 unspecified atom stereocenters. The fraction of sp³-hybridized carbons (Fsp3) is 1.00. The Morgan fingerprint density at radius 3 is 1.63 bits per heavy atom. The van der Waals surface area contributed by atoms with Gasteiger partial charge in [-0.15, -0.1) is 0 Å². The first-order valence-corrected chi connectivity index (χ1v) is 8.26. The molecular weight excluding hydrogens is 349 g/mol. The molecule has 0 aromatic rings. The molecule has 3 heteroatoms. The van der Waals surface area contributed by atoms with Crippen molar-refractivity contribution in [2.24, 2.45) is 0 Å². The van der Waals surface area contributed by atoms with Crippen LogP contribution >= 0.6 is 0 Å². The summed E-state index contributed by atoms with van der Waals surface area (Å²) in [4.78, 5) is 0. The monoisotopic (exact) mass is 383 g/mol. The Bertz CT molecular complexity index is 179. The Hall–Kier alpha value is 0.650. The van der Waals surface area contributed by atoms with Gasteiger partial charge in [-0.25, -0.2) is 0 Å². The van der Waals surface area contributed by atoms with Crippen molar-refractivity contribution in [2.45, 2.75) is 65.2 Å². The maximum Gasteiger partial charge on any atom is 0.102 e.